The Morgan fingerprint density at radius 3 is 1.82 bits per heavy atom. The highest BCUT2D eigenvalue weighted by Crippen LogP contribution is 2.50. The van der Waals surface area contributed by atoms with Crippen LogP contribution in [0.15, 0.2) is 24.3 Å². The molecule has 2 aromatic carbocycles. The molecule has 0 bridgehead atoms. The van der Waals surface area contributed by atoms with Gasteiger partial charge in [-0.05, 0) is 198 Å². The zero-order valence-electron chi connectivity index (χ0n) is 29.5. The second-order valence-electron chi connectivity index (χ2n) is 13.0. The Morgan fingerprint density at radius 1 is 0.765 bits per heavy atom. The summed E-state index contributed by atoms with van der Waals surface area (Å²) >= 11 is 13.0. The molecule has 0 saturated carbocycles. The molecule has 0 radical (unpaired) electrons. The summed E-state index contributed by atoms with van der Waals surface area (Å²) in [5.74, 6) is -1.43. The highest BCUT2D eigenvalue weighted by Gasteiger charge is 2.55. The van der Waals surface area contributed by atoms with Crippen LogP contribution in [0, 0.1) is 26.8 Å². The molecule has 51 heavy (non-hydrogen) atoms. The first-order valence-corrected chi connectivity index (χ1v) is 24.3. The van der Waals surface area contributed by atoms with Crippen molar-refractivity contribution in [3.63, 3.8) is 0 Å². The summed E-state index contributed by atoms with van der Waals surface area (Å²) < 4.78 is 10.8. The van der Waals surface area contributed by atoms with Crippen molar-refractivity contribution >= 4 is 159 Å². The van der Waals surface area contributed by atoms with Crippen LogP contribution in [0.3, 0.4) is 0 Å². The third-order valence-electron chi connectivity index (χ3n) is 9.25. The predicted molar refractivity (Wildman–Crippen MR) is 261 cm³/mol. The number of hydrogen-bond donors (Lipinski definition) is 4. The van der Waals surface area contributed by atoms with Crippen LogP contribution in [-0.4, -0.2) is 34.7 Å². The number of unbranched alkanes of at least 4 members (excludes halogenated alkanes) is 11. The fourth-order valence-electron chi connectivity index (χ4n) is 6.41. The second-order valence-corrected chi connectivity index (χ2v) is 19.8. The number of carbonyl (C=O) groups excluding carboxylic acids is 2. The lowest BCUT2D eigenvalue weighted by Crippen LogP contribution is -2.50. The Kier molecular flexibility index (Phi) is 24.2. The molecule has 6 N–H and O–H groups in total. The van der Waals surface area contributed by atoms with Crippen molar-refractivity contribution in [3.05, 3.63) is 51.3 Å². The maximum atomic E-state index is 14.8. The van der Waals surface area contributed by atoms with Crippen molar-refractivity contribution in [3.8, 4) is 5.75 Å². The molecule has 0 aliphatic rings. The number of nitrogen functional groups attached to an aromatic ring is 2. The molecule has 0 aliphatic carbocycles. The minimum Gasteiger partial charge on any atom is -0.423 e. The minimum atomic E-state index is -1.79. The van der Waals surface area contributed by atoms with Gasteiger partial charge in [-0.2, -0.15) is 0 Å². The van der Waals surface area contributed by atoms with E-state index >= 15 is 0 Å². The highest BCUT2D eigenvalue weighted by molar-refractivity contribution is 14.1. The topological polar surface area (TPSA) is 136 Å². The number of aliphatic hydroxyl groups is 2. The Balaban J connectivity index is 2.33. The van der Waals surface area contributed by atoms with Gasteiger partial charge in [0.15, 0.2) is 11.5 Å². The number of esters is 1. The van der Waals surface area contributed by atoms with Gasteiger partial charge in [0.25, 0.3) is 0 Å². The van der Waals surface area contributed by atoms with Gasteiger partial charge in [-0.1, -0.05) is 77.4 Å². The van der Waals surface area contributed by atoms with Crippen LogP contribution in [0.25, 0.3) is 0 Å². The molecule has 2 rings (SSSR count). The molecule has 13 heteroatoms. The third kappa shape index (κ3) is 14.3. The van der Waals surface area contributed by atoms with E-state index in [4.69, 9.17) is 16.2 Å². The molecule has 3 unspecified atom stereocenters. The fraction of sp³-hybridized carbons (Fsp3) is 0.579. The Morgan fingerprint density at radius 2 is 1.27 bits per heavy atom. The van der Waals surface area contributed by atoms with Crippen molar-refractivity contribution in [2.75, 3.05) is 18.1 Å². The molecule has 0 aromatic heterocycles. The van der Waals surface area contributed by atoms with E-state index < -0.39 is 30.0 Å². The first kappa shape index (κ1) is 48.4. The third-order valence-corrected chi connectivity index (χ3v) is 15.0. The molecule has 0 saturated heterocycles. The molecular weight excluding hydrogens is 1330 g/mol. The number of nitrogens with two attached hydrogens (primary N) is 2. The van der Waals surface area contributed by atoms with Crippen LogP contribution in [0.4, 0.5) is 11.4 Å². The van der Waals surface area contributed by atoms with Crippen LogP contribution in [-0.2, 0) is 9.59 Å². The van der Waals surface area contributed by atoms with E-state index in [9.17, 15) is 19.8 Å². The number of ether oxygens (including phenoxy) is 1. The summed E-state index contributed by atoms with van der Waals surface area (Å²) in [6, 6.07) is 3.79. The van der Waals surface area contributed by atoms with E-state index in [2.05, 4.69) is 155 Å². The quantitative estimate of drug-likeness (QED) is 0.0156. The number of halogens is 6. The van der Waals surface area contributed by atoms with E-state index in [0.29, 0.717) is 31.4 Å². The van der Waals surface area contributed by atoms with Crippen LogP contribution in [0.5, 0.6) is 5.75 Å². The van der Waals surface area contributed by atoms with Gasteiger partial charge in [0.1, 0.15) is 5.41 Å². The zero-order chi connectivity index (χ0) is 38.1. The lowest BCUT2D eigenvalue weighted by atomic mass is 9.64. The molecule has 3 atom stereocenters. The number of anilines is 2. The van der Waals surface area contributed by atoms with Gasteiger partial charge in [0.2, 0.25) is 0 Å². The van der Waals surface area contributed by atoms with Crippen LogP contribution >= 0.6 is 136 Å². The molecule has 0 heterocycles. The van der Waals surface area contributed by atoms with Crippen molar-refractivity contribution in [1.82, 2.24) is 0 Å². The molecule has 0 aliphatic heterocycles. The van der Waals surface area contributed by atoms with E-state index in [1.54, 1.807) is 0 Å². The first-order chi connectivity index (χ1) is 24.3. The average molecular weight is 1380 g/mol. The number of ketones is 1. The SMILES string of the molecule is CCCCCCCCC=CCCCCCCCC(=O)C(CC(O)CO)(C(=O)Oc1c(I)cc(I)c(N)c1I)C(CC)c1c(I)cc(I)c(N)c1I. The average Bonchev–Trinajstić information content (AvgIpc) is 3.10. The van der Waals surface area contributed by atoms with Gasteiger partial charge in [-0.3, -0.25) is 9.59 Å². The highest BCUT2D eigenvalue weighted by atomic mass is 127. The van der Waals surface area contributed by atoms with Gasteiger partial charge in [0.05, 0.1) is 31.2 Å². The molecular formula is C38H52I6N2O5. The number of benzene rings is 2. The lowest BCUT2D eigenvalue weighted by Gasteiger charge is -2.39. The summed E-state index contributed by atoms with van der Waals surface area (Å²) in [5.41, 5.74) is 12.9. The van der Waals surface area contributed by atoms with Crippen molar-refractivity contribution in [2.45, 2.75) is 129 Å². The normalized spacial score (nSPS) is 14.1. The zero-order valence-corrected chi connectivity index (χ0v) is 42.5. The van der Waals surface area contributed by atoms with Gasteiger partial charge in [-0.25, -0.2) is 0 Å². The number of hydrogen-bond acceptors (Lipinski definition) is 7. The summed E-state index contributed by atoms with van der Waals surface area (Å²) in [4.78, 5) is 29.6. The summed E-state index contributed by atoms with van der Waals surface area (Å²) in [6.45, 7) is 3.59. The Hall–Kier alpha value is 1.22. The van der Waals surface area contributed by atoms with E-state index in [1.807, 2.05) is 19.1 Å². The molecule has 0 fully saturated rings. The van der Waals surface area contributed by atoms with Gasteiger partial charge < -0.3 is 26.4 Å². The number of allylic oxidation sites excluding steroid dienone is 2. The molecule has 0 amide bonds. The summed E-state index contributed by atoms with van der Waals surface area (Å²) in [7, 11) is 0. The number of aliphatic hydroxyl groups excluding tert-OH is 2. The molecule has 0 spiro atoms. The number of carbonyl (C=O) groups is 2. The minimum absolute atomic E-state index is 0.151. The summed E-state index contributed by atoms with van der Waals surface area (Å²) in [5, 5.41) is 21.1. The van der Waals surface area contributed by atoms with Crippen molar-refractivity contribution in [2.24, 2.45) is 5.41 Å². The number of Topliss-reactive ketones (excluding diaryl/α,β-unsaturated/α-hetero) is 1. The predicted octanol–water partition coefficient (Wildman–Crippen LogP) is 11.9. The lowest BCUT2D eigenvalue weighted by molar-refractivity contribution is -0.158. The smallest absolute Gasteiger partial charge is 0.325 e. The molecule has 2 aromatic rings. The maximum Gasteiger partial charge on any atom is 0.325 e. The maximum absolute atomic E-state index is 14.8. The van der Waals surface area contributed by atoms with E-state index in [-0.39, 0.29) is 24.4 Å². The van der Waals surface area contributed by atoms with Crippen molar-refractivity contribution < 1.29 is 24.5 Å². The number of rotatable bonds is 24. The largest absolute Gasteiger partial charge is 0.423 e. The van der Waals surface area contributed by atoms with Crippen LogP contribution < -0.4 is 16.2 Å². The van der Waals surface area contributed by atoms with Gasteiger partial charge in [-0.15, -0.1) is 0 Å². The fourth-order valence-corrected chi connectivity index (χ4v) is 14.1. The van der Waals surface area contributed by atoms with Gasteiger partial charge >= 0.3 is 5.97 Å². The molecule has 286 valence electrons. The standard InChI is InChI=1S/C38H52I6N2O5/c1-3-5-6-7-8-9-10-11-12-13-14-15-16-17-18-19-30(49)38(22-24(48)23-47,25(4-2)31-26(39)20-27(40)34(45)32(31)43)37(50)51-36-29(42)21-28(41)35(46)33(36)44/h11-12,20-21,24-25,47-48H,3-10,13-19,22-23,45-46H2,1-2H3. The van der Waals surface area contributed by atoms with Gasteiger partial charge in [0, 0.05) is 26.6 Å². The Labute approximate surface area is 387 Å². The van der Waals surface area contributed by atoms with E-state index in [1.165, 1.54) is 38.5 Å². The van der Waals surface area contributed by atoms with Crippen LogP contribution in [0.2, 0.25) is 0 Å². The summed E-state index contributed by atoms with van der Waals surface area (Å²) in [6.07, 6.45) is 18.3. The Bertz CT molecular complexity index is 1470. The van der Waals surface area contributed by atoms with Crippen molar-refractivity contribution in [1.29, 1.82) is 0 Å². The van der Waals surface area contributed by atoms with E-state index in [0.717, 1.165) is 58.4 Å². The second kappa shape index (κ2) is 25.5. The van der Waals surface area contributed by atoms with Crippen LogP contribution in [0.1, 0.15) is 128 Å². The first-order valence-electron chi connectivity index (χ1n) is 17.8. The monoisotopic (exact) mass is 1380 g/mol. The molecule has 7 nitrogen and oxygen atoms in total.